The van der Waals surface area contributed by atoms with E-state index in [-0.39, 0.29) is 0 Å². The first-order valence-electron chi connectivity index (χ1n) is 4.83. The van der Waals surface area contributed by atoms with Crippen LogP contribution < -0.4 is 5.73 Å². The number of carboxylic acids is 1. The maximum absolute atomic E-state index is 10.7. The zero-order valence-corrected chi connectivity index (χ0v) is 10.0. The summed E-state index contributed by atoms with van der Waals surface area (Å²) in [6.45, 7) is 0. The fourth-order valence-corrected chi connectivity index (χ4v) is 2.25. The molecule has 0 spiro atoms. The molecule has 84 valence electrons. The summed E-state index contributed by atoms with van der Waals surface area (Å²) in [5.41, 5.74) is 7.47. The van der Waals surface area contributed by atoms with Crippen LogP contribution in [0.2, 0.25) is 0 Å². The molecule has 1 atom stereocenters. The van der Waals surface area contributed by atoms with Crippen molar-refractivity contribution in [3.8, 4) is 0 Å². The van der Waals surface area contributed by atoms with Crippen molar-refractivity contribution in [1.82, 2.24) is 3.59 Å². The molecular weight excluding hydrogens is 272 g/mol. The molecule has 1 aromatic heterocycles. The number of aromatic nitrogens is 1. The Morgan fingerprint density at radius 2 is 2.19 bits per heavy atom. The Morgan fingerprint density at radius 1 is 1.50 bits per heavy atom. The van der Waals surface area contributed by atoms with Crippen LogP contribution in [0.5, 0.6) is 0 Å². The highest BCUT2D eigenvalue weighted by Crippen LogP contribution is 2.23. The van der Waals surface area contributed by atoms with Crippen molar-refractivity contribution in [2.24, 2.45) is 5.73 Å². The van der Waals surface area contributed by atoms with Crippen LogP contribution in [-0.2, 0) is 11.2 Å². The van der Waals surface area contributed by atoms with Crippen LogP contribution in [0.3, 0.4) is 0 Å². The number of aliphatic carboxylic acids is 1. The second-order valence-corrected chi connectivity index (χ2v) is 4.40. The average molecular weight is 283 g/mol. The molecule has 1 aromatic carbocycles. The van der Waals surface area contributed by atoms with Crippen LogP contribution in [0.15, 0.2) is 30.5 Å². The number of fused-ring (bicyclic) bond motifs is 1. The molecule has 0 saturated heterocycles. The number of rotatable bonds is 3. The highest BCUT2D eigenvalue weighted by molar-refractivity contribution is 9.08. The van der Waals surface area contributed by atoms with E-state index in [0.29, 0.717) is 6.42 Å². The van der Waals surface area contributed by atoms with E-state index < -0.39 is 12.0 Å². The van der Waals surface area contributed by atoms with Crippen LogP contribution in [0, 0.1) is 0 Å². The summed E-state index contributed by atoms with van der Waals surface area (Å²) in [5, 5.41) is 9.80. The summed E-state index contributed by atoms with van der Waals surface area (Å²) in [6, 6.07) is 6.90. The summed E-state index contributed by atoms with van der Waals surface area (Å²) in [6.07, 6.45) is 2.18. The standard InChI is InChI=1S/C11H11BrN2O2/c12-14-6-7(5-9(13)11(15)16)8-3-1-2-4-10(8)14/h1-4,6,9H,5,13H2,(H,15,16). The second-order valence-electron chi connectivity index (χ2n) is 3.63. The van der Waals surface area contributed by atoms with Crippen LogP contribution in [0.25, 0.3) is 10.9 Å². The number of nitrogens with zero attached hydrogens (tertiary/aromatic N) is 1. The largest absolute Gasteiger partial charge is 0.480 e. The third-order valence-electron chi connectivity index (χ3n) is 2.51. The zero-order chi connectivity index (χ0) is 11.7. The van der Waals surface area contributed by atoms with E-state index in [1.807, 2.05) is 30.5 Å². The van der Waals surface area contributed by atoms with Gasteiger partial charge in [0.15, 0.2) is 0 Å². The van der Waals surface area contributed by atoms with Gasteiger partial charge in [-0.2, -0.15) is 0 Å². The van der Waals surface area contributed by atoms with Crippen LogP contribution in [0.4, 0.5) is 0 Å². The highest BCUT2D eigenvalue weighted by atomic mass is 79.9. The molecule has 16 heavy (non-hydrogen) atoms. The van der Waals surface area contributed by atoms with Gasteiger partial charge in [-0.3, -0.25) is 8.39 Å². The van der Waals surface area contributed by atoms with Crippen LogP contribution in [-0.4, -0.2) is 20.7 Å². The Balaban J connectivity index is 2.42. The van der Waals surface area contributed by atoms with Crippen molar-refractivity contribution in [2.45, 2.75) is 12.5 Å². The highest BCUT2D eigenvalue weighted by Gasteiger charge is 2.15. The Bertz CT molecular complexity index is 536. The van der Waals surface area contributed by atoms with E-state index in [0.717, 1.165) is 16.5 Å². The molecule has 0 saturated carbocycles. The van der Waals surface area contributed by atoms with Crippen molar-refractivity contribution in [3.63, 3.8) is 0 Å². The van der Waals surface area contributed by atoms with E-state index in [1.54, 1.807) is 3.59 Å². The molecule has 2 rings (SSSR count). The molecule has 0 aliphatic rings. The zero-order valence-electron chi connectivity index (χ0n) is 8.43. The summed E-state index contributed by atoms with van der Waals surface area (Å²) < 4.78 is 1.80. The predicted molar refractivity (Wildman–Crippen MR) is 65.6 cm³/mol. The topological polar surface area (TPSA) is 68.2 Å². The number of nitrogens with two attached hydrogens (primary N) is 1. The summed E-state index contributed by atoms with van der Waals surface area (Å²) in [7, 11) is 0. The molecule has 4 nitrogen and oxygen atoms in total. The number of carboxylic acid groups (broad SMARTS) is 1. The van der Waals surface area contributed by atoms with Gasteiger partial charge in [0.25, 0.3) is 0 Å². The lowest BCUT2D eigenvalue weighted by molar-refractivity contribution is -0.138. The number of para-hydroxylation sites is 1. The van der Waals surface area contributed by atoms with Gasteiger partial charge in [-0.05, 0) is 11.6 Å². The van der Waals surface area contributed by atoms with Crippen LogP contribution in [0.1, 0.15) is 5.56 Å². The molecule has 5 heteroatoms. The van der Waals surface area contributed by atoms with Gasteiger partial charge in [0.1, 0.15) is 6.04 Å². The van der Waals surface area contributed by atoms with Gasteiger partial charge in [0, 0.05) is 18.0 Å². The van der Waals surface area contributed by atoms with Gasteiger partial charge in [-0.1, -0.05) is 18.2 Å². The molecule has 0 aliphatic heterocycles. The summed E-state index contributed by atoms with van der Waals surface area (Å²) >= 11 is 3.37. The molecular formula is C11H11BrN2O2. The molecule has 1 unspecified atom stereocenters. The SMILES string of the molecule is NC(Cc1cn(Br)c2ccccc12)C(=O)O. The predicted octanol–water partition coefficient (Wildman–Crippen LogP) is 1.75. The Hall–Kier alpha value is -1.33. The van der Waals surface area contributed by atoms with Crippen molar-refractivity contribution in [2.75, 3.05) is 0 Å². The van der Waals surface area contributed by atoms with E-state index in [9.17, 15) is 4.79 Å². The van der Waals surface area contributed by atoms with Crippen LogP contribution >= 0.6 is 16.1 Å². The molecule has 1 heterocycles. The third-order valence-corrected chi connectivity index (χ3v) is 3.09. The van der Waals surface area contributed by atoms with Gasteiger partial charge in [0.05, 0.1) is 21.7 Å². The fraction of sp³-hybridized carbons (Fsp3) is 0.182. The van der Waals surface area contributed by atoms with Gasteiger partial charge in [-0.15, -0.1) is 0 Å². The monoisotopic (exact) mass is 282 g/mol. The summed E-state index contributed by atoms with van der Waals surface area (Å²) in [5.74, 6) is -0.980. The lowest BCUT2D eigenvalue weighted by atomic mass is 10.1. The maximum atomic E-state index is 10.7. The number of halogens is 1. The van der Waals surface area contributed by atoms with Gasteiger partial charge in [0.2, 0.25) is 0 Å². The normalized spacial score (nSPS) is 12.9. The number of hydrogen-bond acceptors (Lipinski definition) is 2. The van der Waals surface area contributed by atoms with E-state index >= 15 is 0 Å². The first kappa shape index (κ1) is 11.2. The molecule has 2 aromatic rings. The van der Waals surface area contributed by atoms with E-state index in [4.69, 9.17) is 10.8 Å². The van der Waals surface area contributed by atoms with Crippen molar-refractivity contribution < 1.29 is 9.90 Å². The minimum atomic E-state index is -0.980. The van der Waals surface area contributed by atoms with Crippen molar-refractivity contribution >= 4 is 33.0 Å². The van der Waals surface area contributed by atoms with Crippen molar-refractivity contribution in [1.29, 1.82) is 0 Å². The molecule has 3 N–H and O–H groups in total. The Kier molecular flexibility index (Phi) is 2.98. The van der Waals surface area contributed by atoms with Gasteiger partial charge >= 0.3 is 5.97 Å². The molecule has 0 amide bonds. The van der Waals surface area contributed by atoms with E-state index in [2.05, 4.69) is 16.1 Å². The number of benzene rings is 1. The maximum Gasteiger partial charge on any atom is 0.320 e. The average Bonchev–Trinajstić information content (AvgIpc) is 2.57. The minimum Gasteiger partial charge on any atom is -0.480 e. The number of carbonyl (C=O) groups is 1. The molecule has 0 fully saturated rings. The summed E-state index contributed by atoms with van der Waals surface area (Å²) in [4.78, 5) is 10.7. The molecule has 0 radical (unpaired) electrons. The van der Waals surface area contributed by atoms with Gasteiger partial charge in [-0.25, -0.2) is 0 Å². The lowest BCUT2D eigenvalue weighted by Gasteiger charge is -2.04. The smallest absolute Gasteiger partial charge is 0.320 e. The van der Waals surface area contributed by atoms with Crippen molar-refractivity contribution in [3.05, 3.63) is 36.0 Å². The minimum absolute atomic E-state index is 0.328. The fourth-order valence-electron chi connectivity index (χ4n) is 1.69. The van der Waals surface area contributed by atoms with Gasteiger partial charge < -0.3 is 10.8 Å². The molecule has 0 aliphatic carbocycles. The third kappa shape index (κ3) is 1.96. The number of hydrogen-bond donors (Lipinski definition) is 2. The Morgan fingerprint density at radius 3 is 2.88 bits per heavy atom. The van der Waals surface area contributed by atoms with E-state index in [1.165, 1.54) is 0 Å². The lowest BCUT2D eigenvalue weighted by Crippen LogP contribution is -2.32. The first-order valence-corrected chi connectivity index (χ1v) is 5.54. The quantitative estimate of drug-likeness (QED) is 0.901. The second kappa shape index (κ2) is 4.27. The molecule has 0 bridgehead atoms. The first-order chi connectivity index (χ1) is 7.59. The Labute approximate surface area is 101 Å².